The molecule has 3 nitrogen and oxygen atoms in total. The topological polar surface area (TPSA) is 27.1 Å². The highest BCUT2D eigenvalue weighted by molar-refractivity contribution is 7.99. The van der Waals surface area contributed by atoms with Gasteiger partial charge in [-0.3, -0.25) is 0 Å². The second-order valence-electron chi connectivity index (χ2n) is 7.99. The number of ether oxygens (including phenoxy) is 1. The lowest BCUT2D eigenvalue weighted by Gasteiger charge is -2.19. The molecule has 0 spiro atoms. The van der Waals surface area contributed by atoms with Crippen molar-refractivity contribution in [2.24, 2.45) is 0 Å². The standard InChI is InChI=1S/C29H25ClN2OS/c30-23-16-18-24(19-17-23)33-21-9-20-32-27-15-8-7-14-26(27)31-29(32)28(22-10-3-1-4-11-22)34-25-12-5-2-6-13-25/h1-8,10-19,28H,9,20-21H2. The number of benzene rings is 4. The Balaban J connectivity index is 1.44. The second-order valence-corrected chi connectivity index (χ2v) is 9.60. The fraction of sp³-hybridized carbons (Fsp3) is 0.138. The highest BCUT2D eigenvalue weighted by Gasteiger charge is 2.23. The van der Waals surface area contributed by atoms with Gasteiger partial charge in [0.2, 0.25) is 0 Å². The number of hydrogen-bond donors (Lipinski definition) is 0. The van der Waals surface area contributed by atoms with Crippen molar-refractivity contribution in [1.29, 1.82) is 0 Å². The van der Waals surface area contributed by atoms with Gasteiger partial charge >= 0.3 is 0 Å². The molecule has 0 bridgehead atoms. The van der Waals surface area contributed by atoms with Crippen molar-refractivity contribution in [2.45, 2.75) is 23.1 Å². The second kappa shape index (κ2) is 10.8. The lowest BCUT2D eigenvalue weighted by molar-refractivity contribution is 0.302. The van der Waals surface area contributed by atoms with E-state index < -0.39 is 0 Å². The van der Waals surface area contributed by atoms with Gasteiger partial charge in [0.05, 0.1) is 22.9 Å². The molecule has 5 rings (SSSR count). The Labute approximate surface area is 209 Å². The third-order valence-corrected chi connectivity index (χ3v) is 7.14. The van der Waals surface area contributed by atoms with Gasteiger partial charge in [0.15, 0.2) is 0 Å². The van der Waals surface area contributed by atoms with Crippen molar-refractivity contribution >= 4 is 34.4 Å². The van der Waals surface area contributed by atoms with Crippen LogP contribution in [0.4, 0.5) is 0 Å². The molecule has 34 heavy (non-hydrogen) atoms. The van der Waals surface area contributed by atoms with Crippen LogP contribution in [0.3, 0.4) is 0 Å². The van der Waals surface area contributed by atoms with Crippen molar-refractivity contribution in [3.05, 3.63) is 126 Å². The van der Waals surface area contributed by atoms with Gasteiger partial charge in [-0.1, -0.05) is 72.3 Å². The van der Waals surface area contributed by atoms with Crippen LogP contribution < -0.4 is 4.74 Å². The molecule has 1 heterocycles. The first-order chi connectivity index (χ1) is 16.8. The summed E-state index contributed by atoms with van der Waals surface area (Å²) in [4.78, 5) is 6.34. The van der Waals surface area contributed by atoms with Crippen LogP contribution in [-0.4, -0.2) is 16.2 Å². The zero-order valence-electron chi connectivity index (χ0n) is 18.7. The number of hydrogen-bond acceptors (Lipinski definition) is 3. The van der Waals surface area contributed by atoms with Crippen molar-refractivity contribution in [1.82, 2.24) is 9.55 Å². The molecule has 5 aromatic rings. The average molecular weight is 485 g/mol. The van der Waals surface area contributed by atoms with Gasteiger partial charge in [0.25, 0.3) is 0 Å². The van der Waals surface area contributed by atoms with Crippen LogP contribution >= 0.6 is 23.4 Å². The van der Waals surface area contributed by atoms with E-state index in [4.69, 9.17) is 21.3 Å². The molecule has 0 aliphatic heterocycles. The van der Waals surface area contributed by atoms with Crippen LogP contribution in [0.25, 0.3) is 11.0 Å². The summed E-state index contributed by atoms with van der Waals surface area (Å²) in [7, 11) is 0. The number of aromatic nitrogens is 2. The molecule has 170 valence electrons. The van der Waals surface area contributed by atoms with Crippen LogP contribution in [0.5, 0.6) is 5.75 Å². The van der Waals surface area contributed by atoms with E-state index in [-0.39, 0.29) is 5.25 Å². The zero-order chi connectivity index (χ0) is 23.2. The molecule has 0 aliphatic rings. The number of fused-ring (bicyclic) bond motifs is 1. The van der Waals surface area contributed by atoms with E-state index in [9.17, 15) is 0 Å². The highest BCUT2D eigenvalue weighted by Crippen LogP contribution is 2.41. The number of para-hydroxylation sites is 2. The van der Waals surface area contributed by atoms with Crippen LogP contribution in [0.15, 0.2) is 114 Å². The van der Waals surface area contributed by atoms with E-state index in [0.29, 0.717) is 11.6 Å². The maximum absolute atomic E-state index is 5.98. The molecular formula is C29H25ClN2OS. The molecule has 0 saturated carbocycles. The van der Waals surface area contributed by atoms with Gasteiger partial charge in [-0.25, -0.2) is 4.98 Å². The van der Waals surface area contributed by atoms with E-state index >= 15 is 0 Å². The molecule has 0 saturated heterocycles. The molecule has 0 aliphatic carbocycles. The molecular weight excluding hydrogens is 460 g/mol. The van der Waals surface area contributed by atoms with Gasteiger partial charge in [0.1, 0.15) is 11.6 Å². The zero-order valence-corrected chi connectivity index (χ0v) is 20.3. The van der Waals surface area contributed by atoms with Crippen molar-refractivity contribution in [3.8, 4) is 5.75 Å². The highest BCUT2D eigenvalue weighted by atomic mass is 35.5. The predicted octanol–water partition coefficient (Wildman–Crippen LogP) is 8.04. The van der Waals surface area contributed by atoms with E-state index in [1.807, 2.05) is 36.0 Å². The summed E-state index contributed by atoms with van der Waals surface area (Å²) < 4.78 is 8.31. The monoisotopic (exact) mass is 484 g/mol. The molecule has 4 aromatic carbocycles. The molecule has 1 atom stereocenters. The van der Waals surface area contributed by atoms with E-state index in [1.165, 1.54) is 10.5 Å². The Hall–Kier alpha value is -3.21. The summed E-state index contributed by atoms with van der Waals surface area (Å²) in [6.07, 6.45) is 0.869. The maximum atomic E-state index is 5.98. The number of aryl methyl sites for hydroxylation is 1. The summed E-state index contributed by atoms with van der Waals surface area (Å²) in [6.45, 7) is 1.44. The SMILES string of the molecule is Clc1ccc(OCCCn2c(C(Sc3ccccc3)c3ccccc3)nc3ccccc32)cc1. The minimum Gasteiger partial charge on any atom is -0.494 e. The van der Waals surface area contributed by atoms with E-state index in [1.54, 1.807) is 0 Å². The largest absolute Gasteiger partial charge is 0.494 e. The van der Waals surface area contributed by atoms with E-state index in [2.05, 4.69) is 89.5 Å². The summed E-state index contributed by atoms with van der Waals surface area (Å²) in [5.74, 6) is 1.90. The average Bonchev–Trinajstić information content (AvgIpc) is 3.25. The first-order valence-corrected chi connectivity index (χ1v) is 12.6. The Morgan fingerprint density at radius 3 is 2.24 bits per heavy atom. The van der Waals surface area contributed by atoms with Gasteiger partial charge in [-0.05, 0) is 60.5 Å². The summed E-state index contributed by atoms with van der Waals surface area (Å²) in [6, 6.07) is 37.1. The summed E-state index contributed by atoms with van der Waals surface area (Å²) in [5, 5.41) is 0.790. The molecule has 0 amide bonds. The Morgan fingerprint density at radius 2 is 1.47 bits per heavy atom. The molecule has 1 unspecified atom stereocenters. The van der Waals surface area contributed by atoms with E-state index in [0.717, 1.165) is 35.6 Å². The predicted molar refractivity (Wildman–Crippen MR) is 142 cm³/mol. The lowest BCUT2D eigenvalue weighted by Crippen LogP contribution is -2.11. The van der Waals surface area contributed by atoms with Crippen LogP contribution in [0, 0.1) is 0 Å². The minimum absolute atomic E-state index is 0.0770. The molecule has 0 N–H and O–H groups in total. The minimum atomic E-state index is 0.0770. The fourth-order valence-corrected chi connectivity index (χ4v) is 5.30. The Morgan fingerprint density at radius 1 is 0.794 bits per heavy atom. The maximum Gasteiger partial charge on any atom is 0.127 e. The van der Waals surface area contributed by atoms with Gasteiger partial charge in [0, 0.05) is 16.5 Å². The van der Waals surface area contributed by atoms with Gasteiger partial charge in [-0.2, -0.15) is 0 Å². The third-order valence-electron chi connectivity index (χ3n) is 5.63. The van der Waals surface area contributed by atoms with Crippen LogP contribution in [0.1, 0.15) is 23.1 Å². The molecule has 0 radical (unpaired) electrons. The van der Waals surface area contributed by atoms with Crippen molar-refractivity contribution in [2.75, 3.05) is 6.61 Å². The smallest absolute Gasteiger partial charge is 0.127 e. The van der Waals surface area contributed by atoms with Crippen molar-refractivity contribution < 1.29 is 4.74 Å². The normalized spacial score (nSPS) is 12.0. The quantitative estimate of drug-likeness (QED) is 0.156. The Bertz CT molecular complexity index is 1340. The number of thioether (sulfide) groups is 1. The van der Waals surface area contributed by atoms with Crippen LogP contribution in [-0.2, 0) is 6.54 Å². The molecule has 5 heteroatoms. The number of rotatable bonds is 9. The first kappa shape index (κ1) is 22.6. The molecule has 1 aromatic heterocycles. The van der Waals surface area contributed by atoms with Gasteiger partial charge < -0.3 is 9.30 Å². The van der Waals surface area contributed by atoms with Gasteiger partial charge in [-0.15, -0.1) is 11.8 Å². The summed E-state index contributed by atoms with van der Waals surface area (Å²) in [5.41, 5.74) is 3.41. The third kappa shape index (κ3) is 5.30. The Kier molecular flexibility index (Phi) is 7.18. The fourth-order valence-electron chi connectivity index (χ4n) is 4.01. The number of imidazole rings is 1. The van der Waals surface area contributed by atoms with Crippen molar-refractivity contribution in [3.63, 3.8) is 0 Å². The molecule has 0 fully saturated rings. The number of halogens is 1. The van der Waals surface area contributed by atoms with Crippen LogP contribution in [0.2, 0.25) is 5.02 Å². The summed E-state index contributed by atoms with van der Waals surface area (Å²) >= 11 is 7.82. The first-order valence-electron chi connectivity index (χ1n) is 11.4. The lowest BCUT2D eigenvalue weighted by atomic mass is 10.1. The number of nitrogens with zero attached hydrogens (tertiary/aromatic N) is 2.